The molecule has 0 amide bonds. The molecular weight excluding hydrogens is 288 g/mol. The van der Waals surface area contributed by atoms with Gasteiger partial charge in [0.25, 0.3) is 5.56 Å². The van der Waals surface area contributed by atoms with Crippen molar-refractivity contribution in [3.05, 3.63) is 37.7 Å². The van der Waals surface area contributed by atoms with Gasteiger partial charge < -0.3 is 10.4 Å². The second-order valence-corrected chi connectivity index (χ2v) is 5.54. The summed E-state index contributed by atoms with van der Waals surface area (Å²) in [6, 6.07) is 0. The third kappa shape index (κ3) is 3.31. The highest BCUT2D eigenvalue weighted by atomic mass is 35.5. The zero-order valence-electron chi connectivity index (χ0n) is 10.3. The minimum atomic E-state index is -0.420. The predicted molar refractivity (Wildman–Crippen MR) is 74.8 cm³/mol. The number of anilines is 1. The summed E-state index contributed by atoms with van der Waals surface area (Å²) < 4.78 is 1.13. The van der Waals surface area contributed by atoms with Crippen LogP contribution >= 0.6 is 22.9 Å². The lowest BCUT2D eigenvalue weighted by molar-refractivity contribution is 0.266. The predicted octanol–water partition coefficient (Wildman–Crippen LogP) is 1.27. The number of halogens is 1. The maximum absolute atomic E-state index is 11.8. The second-order valence-electron chi connectivity index (χ2n) is 3.84. The summed E-state index contributed by atoms with van der Waals surface area (Å²) in [7, 11) is 0. The number of nitrogens with one attached hydrogen (secondary N) is 1. The minimum absolute atomic E-state index is 0.0664. The van der Waals surface area contributed by atoms with Crippen LogP contribution in [0, 0.1) is 6.92 Å². The lowest BCUT2D eigenvalue weighted by atomic mass is 10.4. The molecule has 8 heteroatoms. The van der Waals surface area contributed by atoms with E-state index >= 15 is 0 Å². The van der Waals surface area contributed by atoms with Gasteiger partial charge >= 0.3 is 0 Å². The highest BCUT2D eigenvalue weighted by Gasteiger charge is 2.09. The van der Waals surface area contributed by atoms with Gasteiger partial charge in [-0.3, -0.25) is 4.79 Å². The van der Waals surface area contributed by atoms with Crippen LogP contribution in [0.1, 0.15) is 9.88 Å². The van der Waals surface area contributed by atoms with Gasteiger partial charge in [0.15, 0.2) is 0 Å². The molecule has 0 atom stereocenters. The Kier molecular flexibility index (Phi) is 4.52. The van der Waals surface area contributed by atoms with E-state index in [4.69, 9.17) is 16.7 Å². The number of thiazole rings is 1. The minimum Gasteiger partial charge on any atom is -0.394 e. The van der Waals surface area contributed by atoms with Gasteiger partial charge in [-0.15, -0.1) is 11.3 Å². The van der Waals surface area contributed by atoms with E-state index in [1.807, 2.05) is 6.92 Å². The Bertz CT molecular complexity index is 625. The molecule has 102 valence electrons. The molecule has 0 radical (unpaired) electrons. The summed E-state index contributed by atoms with van der Waals surface area (Å²) in [5.74, 6) is 0. The average Bonchev–Trinajstić information content (AvgIpc) is 2.80. The first-order valence-corrected chi connectivity index (χ1v) is 6.83. The lowest BCUT2D eigenvalue weighted by Crippen LogP contribution is -2.25. The molecule has 2 heterocycles. The van der Waals surface area contributed by atoms with Crippen molar-refractivity contribution in [3.8, 4) is 0 Å². The van der Waals surface area contributed by atoms with Gasteiger partial charge in [-0.05, 0) is 6.92 Å². The van der Waals surface area contributed by atoms with Crippen LogP contribution in [-0.2, 0) is 13.1 Å². The van der Waals surface area contributed by atoms with E-state index in [1.165, 1.54) is 6.20 Å². The number of aromatic nitrogens is 3. The Labute approximate surface area is 118 Å². The first-order chi connectivity index (χ1) is 9.11. The smallest absolute Gasteiger partial charge is 0.287 e. The molecule has 0 aliphatic heterocycles. The van der Waals surface area contributed by atoms with E-state index < -0.39 is 5.56 Å². The zero-order chi connectivity index (χ0) is 13.8. The third-order valence-electron chi connectivity index (χ3n) is 2.40. The number of aryl methyl sites for hydroxylation is 1. The van der Waals surface area contributed by atoms with Crippen molar-refractivity contribution in [2.24, 2.45) is 0 Å². The molecule has 0 aliphatic rings. The fourth-order valence-electron chi connectivity index (χ4n) is 1.50. The molecule has 0 unspecified atom stereocenters. The first-order valence-electron chi connectivity index (χ1n) is 5.63. The summed E-state index contributed by atoms with van der Waals surface area (Å²) in [5.41, 5.74) is 0.0461. The van der Waals surface area contributed by atoms with Gasteiger partial charge in [0.1, 0.15) is 10.0 Å². The number of aliphatic hydroxyl groups is 1. The Morgan fingerprint density at radius 2 is 2.32 bits per heavy atom. The average molecular weight is 301 g/mol. The van der Waals surface area contributed by atoms with Crippen LogP contribution in [0.15, 0.2) is 17.2 Å². The van der Waals surface area contributed by atoms with Crippen LogP contribution < -0.4 is 10.9 Å². The second kappa shape index (κ2) is 6.14. The van der Waals surface area contributed by atoms with Gasteiger partial charge in [0, 0.05) is 11.1 Å². The van der Waals surface area contributed by atoms with Crippen molar-refractivity contribution in [3.63, 3.8) is 0 Å². The summed E-state index contributed by atoms with van der Waals surface area (Å²) in [6.45, 7) is 2.44. The van der Waals surface area contributed by atoms with Crippen LogP contribution in [0.3, 0.4) is 0 Å². The number of aliphatic hydroxyl groups excluding tert-OH is 1. The van der Waals surface area contributed by atoms with E-state index in [-0.39, 0.29) is 18.2 Å². The Morgan fingerprint density at radius 3 is 2.95 bits per heavy atom. The molecule has 19 heavy (non-hydrogen) atoms. The van der Waals surface area contributed by atoms with Gasteiger partial charge in [0.2, 0.25) is 0 Å². The SMILES string of the molecule is Cc1cnc(CNc2cnn(CCO)c(=O)c2Cl)s1. The molecule has 2 aromatic heterocycles. The fourth-order valence-corrected chi connectivity index (χ4v) is 2.44. The topological polar surface area (TPSA) is 80.0 Å². The van der Waals surface area contributed by atoms with Crippen molar-refractivity contribution in [1.82, 2.24) is 14.8 Å². The van der Waals surface area contributed by atoms with Gasteiger partial charge in [-0.2, -0.15) is 5.10 Å². The number of rotatable bonds is 5. The Balaban J connectivity index is 2.13. The van der Waals surface area contributed by atoms with Crippen LogP contribution in [0.4, 0.5) is 5.69 Å². The molecular formula is C11H13ClN4O2S. The molecule has 2 aromatic rings. The molecule has 2 N–H and O–H groups in total. The van der Waals surface area contributed by atoms with E-state index in [9.17, 15) is 4.79 Å². The molecule has 0 saturated carbocycles. The van der Waals surface area contributed by atoms with Crippen molar-refractivity contribution in [2.45, 2.75) is 20.0 Å². The van der Waals surface area contributed by atoms with Crippen molar-refractivity contribution in [1.29, 1.82) is 0 Å². The Morgan fingerprint density at radius 1 is 1.53 bits per heavy atom. The summed E-state index contributed by atoms with van der Waals surface area (Å²) in [6.07, 6.45) is 3.26. The lowest BCUT2D eigenvalue weighted by Gasteiger charge is -2.08. The molecule has 0 bridgehead atoms. The summed E-state index contributed by atoms with van der Waals surface area (Å²) in [5, 5.41) is 16.7. The van der Waals surface area contributed by atoms with Crippen molar-refractivity contribution < 1.29 is 5.11 Å². The molecule has 6 nitrogen and oxygen atoms in total. The number of hydrogen-bond acceptors (Lipinski definition) is 6. The van der Waals surface area contributed by atoms with E-state index in [0.717, 1.165) is 14.6 Å². The largest absolute Gasteiger partial charge is 0.394 e. The Hall–Kier alpha value is -1.44. The van der Waals surface area contributed by atoms with Crippen molar-refractivity contribution >= 4 is 28.6 Å². The van der Waals surface area contributed by atoms with Crippen LogP contribution in [0.2, 0.25) is 5.02 Å². The zero-order valence-corrected chi connectivity index (χ0v) is 11.8. The van der Waals surface area contributed by atoms with Gasteiger partial charge in [0.05, 0.1) is 31.6 Å². The standard InChI is InChI=1S/C11H13ClN4O2S/c1-7-4-14-9(19-7)6-13-8-5-15-16(2-3-17)11(18)10(8)12/h4-5,13,17H,2-3,6H2,1H3. The number of nitrogens with zero attached hydrogens (tertiary/aromatic N) is 3. The monoisotopic (exact) mass is 300 g/mol. The van der Waals surface area contributed by atoms with Crippen LogP contribution in [-0.4, -0.2) is 26.5 Å². The summed E-state index contributed by atoms with van der Waals surface area (Å²) >= 11 is 7.55. The molecule has 0 saturated heterocycles. The third-order valence-corrected chi connectivity index (χ3v) is 3.67. The van der Waals surface area contributed by atoms with E-state index in [2.05, 4.69) is 15.4 Å². The maximum atomic E-state index is 11.8. The molecule has 0 aliphatic carbocycles. The molecule has 0 fully saturated rings. The highest BCUT2D eigenvalue weighted by Crippen LogP contribution is 2.18. The van der Waals surface area contributed by atoms with Crippen LogP contribution in [0.25, 0.3) is 0 Å². The fraction of sp³-hybridized carbons (Fsp3) is 0.364. The van der Waals surface area contributed by atoms with Crippen molar-refractivity contribution in [2.75, 3.05) is 11.9 Å². The molecule has 2 rings (SSSR count). The first kappa shape index (κ1) is 14.0. The van der Waals surface area contributed by atoms with Crippen LogP contribution in [0.5, 0.6) is 0 Å². The van der Waals surface area contributed by atoms with E-state index in [0.29, 0.717) is 12.2 Å². The number of hydrogen-bond donors (Lipinski definition) is 2. The van der Waals surface area contributed by atoms with Gasteiger partial charge in [-0.1, -0.05) is 11.6 Å². The van der Waals surface area contributed by atoms with E-state index in [1.54, 1.807) is 17.5 Å². The molecule has 0 spiro atoms. The quantitative estimate of drug-likeness (QED) is 0.869. The van der Waals surface area contributed by atoms with Gasteiger partial charge in [-0.25, -0.2) is 9.67 Å². The highest BCUT2D eigenvalue weighted by molar-refractivity contribution is 7.11. The molecule has 0 aromatic carbocycles. The maximum Gasteiger partial charge on any atom is 0.287 e. The normalized spacial score (nSPS) is 10.7. The summed E-state index contributed by atoms with van der Waals surface area (Å²) in [4.78, 5) is 17.1.